The van der Waals surface area contributed by atoms with Crippen LogP contribution in [0.4, 0.5) is 0 Å². The molecule has 0 spiro atoms. The number of carboxylic acid groups (broad SMARTS) is 1. The Hall–Kier alpha value is -1.51. The molecule has 204 valence electrons. The molecule has 2 fully saturated rings. The topological polar surface area (TPSA) is 86.3 Å². The quantitative estimate of drug-likeness (QED) is 0.244. The molecule has 0 aliphatic carbocycles. The normalized spacial score (nSPS) is 25.6. The average molecular weight is 506 g/mol. The molecular weight excluding hydrogens is 458 g/mol. The van der Waals surface area contributed by atoms with E-state index in [1.165, 1.54) is 51.4 Å². The first-order valence-corrected chi connectivity index (χ1v) is 14.0. The molecule has 2 aliphatic rings. The van der Waals surface area contributed by atoms with Crippen LogP contribution in [0.1, 0.15) is 97.0 Å². The molecule has 2 saturated heterocycles. The highest BCUT2D eigenvalue weighted by molar-refractivity contribution is 5.67. The Morgan fingerprint density at radius 1 is 0.972 bits per heavy atom. The predicted molar refractivity (Wildman–Crippen MR) is 140 cm³/mol. The van der Waals surface area contributed by atoms with Crippen molar-refractivity contribution in [1.29, 1.82) is 0 Å². The van der Waals surface area contributed by atoms with Crippen LogP contribution in [0, 0.1) is 0 Å². The van der Waals surface area contributed by atoms with E-state index in [4.69, 9.17) is 18.9 Å². The molecule has 7 heteroatoms. The fourth-order valence-corrected chi connectivity index (χ4v) is 5.18. The molecule has 2 aliphatic heterocycles. The van der Waals surface area contributed by atoms with Gasteiger partial charge >= 0.3 is 5.97 Å². The summed E-state index contributed by atoms with van der Waals surface area (Å²) in [4.78, 5) is 11.7. The summed E-state index contributed by atoms with van der Waals surface area (Å²) < 4.78 is 24.7. The fraction of sp³-hybridized carbons (Fsp3) is 0.759. The molecule has 0 amide bonds. The Morgan fingerprint density at radius 2 is 1.58 bits per heavy atom. The first-order valence-electron chi connectivity index (χ1n) is 14.0. The van der Waals surface area contributed by atoms with Crippen molar-refractivity contribution in [3.05, 3.63) is 35.9 Å². The molecule has 7 nitrogen and oxygen atoms in total. The number of hydrogen-bond acceptors (Lipinski definition) is 6. The molecule has 2 N–H and O–H groups in total. The van der Waals surface area contributed by atoms with E-state index in [0.29, 0.717) is 13.2 Å². The van der Waals surface area contributed by atoms with Crippen molar-refractivity contribution in [2.24, 2.45) is 0 Å². The average Bonchev–Trinajstić information content (AvgIpc) is 3.33. The van der Waals surface area contributed by atoms with Gasteiger partial charge in [0.1, 0.15) is 18.3 Å². The van der Waals surface area contributed by atoms with E-state index in [-0.39, 0.29) is 18.6 Å². The van der Waals surface area contributed by atoms with Crippen molar-refractivity contribution in [2.75, 3.05) is 6.61 Å². The van der Waals surface area contributed by atoms with Gasteiger partial charge in [-0.3, -0.25) is 4.79 Å². The van der Waals surface area contributed by atoms with Gasteiger partial charge in [0.2, 0.25) is 0 Å². The molecule has 3 rings (SSSR count). The molecule has 0 radical (unpaired) electrons. The Labute approximate surface area is 217 Å². The minimum atomic E-state index is -0.881. The maximum Gasteiger partial charge on any atom is 0.305 e. The summed E-state index contributed by atoms with van der Waals surface area (Å²) in [6.45, 7) is 7.16. The lowest BCUT2D eigenvalue weighted by molar-refractivity contribution is -0.236. The first-order chi connectivity index (χ1) is 17.4. The zero-order chi connectivity index (χ0) is 25.8. The number of ether oxygens (including phenoxy) is 4. The molecule has 0 saturated carbocycles. The SMILES string of the molecule is CCCCCCCCCCCCO[C@H]1O[C@H]([C@H](CC(=O)O)NCc2ccccc2)[C@@H]2OC(C)(C)O[C@H]12. The van der Waals surface area contributed by atoms with E-state index in [2.05, 4.69) is 12.2 Å². The van der Waals surface area contributed by atoms with Crippen LogP contribution in [-0.2, 0) is 30.3 Å². The molecule has 0 unspecified atom stereocenters. The highest BCUT2D eigenvalue weighted by atomic mass is 16.8. The highest BCUT2D eigenvalue weighted by Crippen LogP contribution is 2.40. The smallest absolute Gasteiger partial charge is 0.305 e. The van der Waals surface area contributed by atoms with Gasteiger partial charge in [-0.15, -0.1) is 0 Å². The number of rotatable bonds is 18. The Bertz CT molecular complexity index is 757. The van der Waals surface area contributed by atoms with Crippen LogP contribution in [-0.4, -0.2) is 54.1 Å². The van der Waals surface area contributed by atoms with Crippen LogP contribution in [0.5, 0.6) is 0 Å². The minimum Gasteiger partial charge on any atom is -0.481 e. The second-order valence-electron chi connectivity index (χ2n) is 10.7. The van der Waals surface area contributed by atoms with E-state index in [1.54, 1.807) is 0 Å². The Morgan fingerprint density at radius 3 is 2.22 bits per heavy atom. The lowest BCUT2D eigenvalue weighted by atomic mass is 10.0. The fourth-order valence-electron chi connectivity index (χ4n) is 5.18. The zero-order valence-electron chi connectivity index (χ0n) is 22.5. The number of benzene rings is 1. The Balaban J connectivity index is 1.46. The van der Waals surface area contributed by atoms with Crippen LogP contribution in [0.15, 0.2) is 30.3 Å². The maximum atomic E-state index is 11.7. The highest BCUT2D eigenvalue weighted by Gasteiger charge is 2.57. The number of carbonyl (C=O) groups is 1. The van der Waals surface area contributed by atoms with E-state index >= 15 is 0 Å². The summed E-state index contributed by atoms with van der Waals surface area (Å²) in [5, 5.41) is 13.0. The lowest BCUT2D eigenvalue weighted by Crippen LogP contribution is -2.47. The summed E-state index contributed by atoms with van der Waals surface area (Å²) in [6.07, 6.45) is 10.8. The molecular formula is C29H47NO6. The summed E-state index contributed by atoms with van der Waals surface area (Å²) in [6, 6.07) is 9.50. The molecule has 2 heterocycles. The monoisotopic (exact) mass is 505 g/mol. The molecule has 1 aromatic rings. The summed E-state index contributed by atoms with van der Waals surface area (Å²) in [7, 11) is 0. The van der Waals surface area contributed by atoms with Gasteiger partial charge in [0.05, 0.1) is 6.42 Å². The number of nitrogens with one attached hydrogen (secondary N) is 1. The van der Waals surface area contributed by atoms with Gasteiger partial charge < -0.3 is 29.4 Å². The standard InChI is InChI=1S/C29H47NO6/c1-4-5-6-7-8-9-10-11-12-16-19-33-28-27-26(35-29(2,3)36-27)25(34-28)23(20-24(31)32)30-21-22-17-14-13-15-18-22/h13-15,17-18,23,25-28,30H,4-12,16,19-21H2,1-3H3,(H,31,32)/t23-,25+,26-,27-,28-/m0/s1. The van der Waals surface area contributed by atoms with E-state index < -0.39 is 30.2 Å². The third-order valence-electron chi connectivity index (χ3n) is 7.03. The van der Waals surface area contributed by atoms with Crippen molar-refractivity contribution in [2.45, 2.75) is 134 Å². The van der Waals surface area contributed by atoms with Gasteiger partial charge in [0, 0.05) is 19.2 Å². The molecule has 0 aromatic heterocycles. The number of carboxylic acids is 1. The van der Waals surface area contributed by atoms with Crippen LogP contribution in [0.25, 0.3) is 0 Å². The maximum absolute atomic E-state index is 11.7. The van der Waals surface area contributed by atoms with Crippen LogP contribution in [0.2, 0.25) is 0 Å². The molecule has 1 aromatic carbocycles. The lowest BCUT2D eigenvalue weighted by Gasteiger charge is -2.29. The van der Waals surface area contributed by atoms with Gasteiger partial charge in [-0.25, -0.2) is 0 Å². The summed E-state index contributed by atoms with van der Waals surface area (Å²) in [5.41, 5.74) is 1.08. The largest absolute Gasteiger partial charge is 0.481 e. The third kappa shape index (κ3) is 9.42. The Kier molecular flexibility index (Phi) is 12.1. The van der Waals surface area contributed by atoms with Gasteiger partial charge in [-0.2, -0.15) is 0 Å². The van der Waals surface area contributed by atoms with Crippen LogP contribution >= 0.6 is 0 Å². The predicted octanol–water partition coefficient (Wildman–Crippen LogP) is 5.80. The van der Waals surface area contributed by atoms with Crippen molar-refractivity contribution < 1.29 is 28.8 Å². The second kappa shape index (κ2) is 15.0. The van der Waals surface area contributed by atoms with Gasteiger partial charge in [0.15, 0.2) is 12.1 Å². The van der Waals surface area contributed by atoms with Gasteiger partial charge in [-0.1, -0.05) is 95.0 Å². The third-order valence-corrected chi connectivity index (χ3v) is 7.03. The minimum absolute atomic E-state index is 0.0737. The van der Waals surface area contributed by atoms with Crippen molar-refractivity contribution in [3.8, 4) is 0 Å². The second-order valence-corrected chi connectivity index (χ2v) is 10.7. The van der Waals surface area contributed by atoms with Crippen LogP contribution in [0.3, 0.4) is 0 Å². The summed E-state index contributed by atoms with van der Waals surface area (Å²) >= 11 is 0. The molecule has 0 bridgehead atoms. The number of hydrogen-bond donors (Lipinski definition) is 2. The van der Waals surface area contributed by atoms with Crippen molar-refractivity contribution in [3.63, 3.8) is 0 Å². The van der Waals surface area contributed by atoms with Crippen molar-refractivity contribution in [1.82, 2.24) is 5.32 Å². The zero-order valence-corrected chi connectivity index (χ0v) is 22.5. The van der Waals surface area contributed by atoms with Crippen molar-refractivity contribution >= 4 is 5.97 Å². The number of fused-ring (bicyclic) bond motifs is 1. The van der Waals surface area contributed by atoms with E-state index in [9.17, 15) is 9.90 Å². The number of aliphatic carboxylic acids is 1. The summed E-state index contributed by atoms with van der Waals surface area (Å²) in [5.74, 6) is -1.64. The van der Waals surface area contributed by atoms with Crippen LogP contribution < -0.4 is 5.32 Å². The molecule has 5 atom stereocenters. The molecule has 36 heavy (non-hydrogen) atoms. The first kappa shape index (κ1) is 29.1. The van der Waals surface area contributed by atoms with Gasteiger partial charge in [0.25, 0.3) is 0 Å². The number of unbranched alkanes of at least 4 members (excludes halogenated alkanes) is 9. The van der Waals surface area contributed by atoms with E-state index in [1.807, 2.05) is 44.2 Å². The van der Waals surface area contributed by atoms with E-state index in [0.717, 1.165) is 18.4 Å². The van der Waals surface area contributed by atoms with Gasteiger partial charge in [-0.05, 0) is 25.8 Å².